The van der Waals surface area contributed by atoms with E-state index in [1.807, 2.05) is 6.26 Å². The van der Waals surface area contributed by atoms with Crippen LogP contribution in [0.15, 0.2) is 0 Å². The van der Waals surface area contributed by atoms with Crippen molar-refractivity contribution >= 4 is 23.6 Å². The molecule has 0 unspecified atom stereocenters. The molecule has 98 valence electrons. The van der Waals surface area contributed by atoms with Gasteiger partial charge >= 0.3 is 5.97 Å². The van der Waals surface area contributed by atoms with Crippen molar-refractivity contribution in [1.29, 1.82) is 0 Å². The molecule has 0 atom stereocenters. The van der Waals surface area contributed by atoms with E-state index in [4.69, 9.17) is 0 Å². The van der Waals surface area contributed by atoms with Crippen molar-refractivity contribution in [1.82, 2.24) is 5.32 Å². The van der Waals surface area contributed by atoms with Crippen LogP contribution in [0.3, 0.4) is 0 Å². The minimum absolute atomic E-state index is 0.142. The molecule has 0 heterocycles. The van der Waals surface area contributed by atoms with E-state index in [1.54, 1.807) is 11.8 Å². The molecule has 1 aliphatic carbocycles. The van der Waals surface area contributed by atoms with Crippen LogP contribution in [-0.2, 0) is 9.59 Å². The quantitative estimate of drug-likeness (QED) is 0.791. The molecule has 0 bridgehead atoms. The van der Waals surface area contributed by atoms with E-state index in [1.165, 1.54) is 0 Å². The van der Waals surface area contributed by atoms with E-state index in [0.29, 0.717) is 25.2 Å². The van der Waals surface area contributed by atoms with Gasteiger partial charge in [0.15, 0.2) is 0 Å². The standard InChI is InChI=1S/C12H21NO3S/c1-9-3-6-12(7-4-9,11(15)16)13-10(14)5-8-17-2/h9H,3-8H2,1-2H3,(H,13,14)(H,15,16). The number of carboxylic acids is 1. The smallest absolute Gasteiger partial charge is 0.329 e. The van der Waals surface area contributed by atoms with E-state index >= 15 is 0 Å². The Morgan fingerprint density at radius 3 is 2.47 bits per heavy atom. The summed E-state index contributed by atoms with van der Waals surface area (Å²) in [6.07, 6.45) is 5.17. The zero-order valence-corrected chi connectivity index (χ0v) is 11.3. The molecule has 1 saturated carbocycles. The maximum atomic E-state index is 11.7. The van der Waals surface area contributed by atoms with E-state index in [9.17, 15) is 14.7 Å². The SMILES string of the molecule is CSCCC(=O)NC1(C(=O)O)CCC(C)CC1. The Morgan fingerprint density at radius 1 is 1.41 bits per heavy atom. The number of aliphatic carboxylic acids is 1. The van der Waals surface area contributed by atoms with Gasteiger partial charge in [0.1, 0.15) is 5.54 Å². The molecule has 1 amide bonds. The van der Waals surface area contributed by atoms with Crippen LogP contribution in [0.2, 0.25) is 0 Å². The first kappa shape index (κ1) is 14.4. The highest BCUT2D eigenvalue weighted by molar-refractivity contribution is 7.98. The van der Waals surface area contributed by atoms with Gasteiger partial charge in [0.2, 0.25) is 5.91 Å². The molecule has 0 spiro atoms. The first-order valence-corrected chi connectivity index (χ1v) is 7.43. The van der Waals surface area contributed by atoms with Gasteiger partial charge in [-0.2, -0.15) is 11.8 Å². The molecule has 1 rings (SSSR count). The first-order valence-electron chi connectivity index (χ1n) is 6.03. The van der Waals surface area contributed by atoms with Gasteiger partial charge in [-0.15, -0.1) is 0 Å². The fraction of sp³-hybridized carbons (Fsp3) is 0.833. The number of thioether (sulfide) groups is 1. The lowest BCUT2D eigenvalue weighted by molar-refractivity contribution is -0.149. The average Bonchev–Trinajstić information content (AvgIpc) is 2.29. The molecule has 4 nitrogen and oxygen atoms in total. The minimum Gasteiger partial charge on any atom is -0.480 e. The summed E-state index contributed by atoms with van der Waals surface area (Å²) in [5.74, 6) is 0.265. The number of carbonyl (C=O) groups excluding carboxylic acids is 1. The lowest BCUT2D eigenvalue weighted by Crippen LogP contribution is -2.56. The van der Waals surface area contributed by atoms with Gasteiger partial charge in [0.05, 0.1) is 0 Å². The summed E-state index contributed by atoms with van der Waals surface area (Å²) in [6.45, 7) is 2.13. The van der Waals surface area contributed by atoms with Crippen molar-refractivity contribution in [2.45, 2.75) is 44.6 Å². The van der Waals surface area contributed by atoms with Gasteiger partial charge in [-0.1, -0.05) is 6.92 Å². The van der Waals surface area contributed by atoms with Gasteiger partial charge in [-0.25, -0.2) is 4.79 Å². The van der Waals surface area contributed by atoms with Crippen LogP contribution in [0.1, 0.15) is 39.0 Å². The topological polar surface area (TPSA) is 66.4 Å². The second kappa shape index (κ2) is 6.28. The van der Waals surface area contributed by atoms with Crippen LogP contribution >= 0.6 is 11.8 Å². The summed E-state index contributed by atoms with van der Waals surface area (Å²) in [6, 6.07) is 0. The normalized spacial score (nSPS) is 28.7. The lowest BCUT2D eigenvalue weighted by Gasteiger charge is -2.36. The van der Waals surface area contributed by atoms with Crippen LogP contribution in [0.25, 0.3) is 0 Å². The van der Waals surface area contributed by atoms with E-state index < -0.39 is 11.5 Å². The number of nitrogens with one attached hydrogen (secondary N) is 1. The van der Waals surface area contributed by atoms with Gasteiger partial charge in [-0.05, 0) is 37.9 Å². The Kier molecular flexibility index (Phi) is 5.31. The number of hydrogen-bond donors (Lipinski definition) is 2. The molecule has 0 saturated heterocycles. The Bertz CT molecular complexity index is 285. The van der Waals surface area contributed by atoms with E-state index in [0.717, 1.165) is 18.6 Å². The van der Waals surface area contributed by atoms with Crippen molar-refractivity contribution in [3.05, 3.63) is 0 Å². The molecular weight excluding hydrogens is 238 g/mol. The molecular formula is C12H21NO3S. The molecule has 0 aromatic heterocycles. The minimum atomic E-state index is -1.01. The monoisotopic (exact) mass is 259 g/mol. The lowest BCUT2D eigenvalue weighted by atomic mass is 9.77. The molecule has 0 aromatic rings. The van der Waals surface area contributed by atoms with Gasteiger partial charge in [-0.3, -0.25) is 4.79 Å². The predicted molar refractivity (Wildman–Crippen MR) is 69.1 cm³/mol. The van der Waals surface area contributed by atoms with E-state index in [2.05, 4.69) is 12.2 Å². The van der Waals surface area contributed by atoms with Crippen molar-refractivity contribution in [3.8, 4) is 0 Å². The molecule has 1 aliphatic rings. The molecule has 0 aromatic carbocycles. The van der Waals surface area contributed by atoms with E-state index in [-0.39, 0.29) is 5.91 Å². The molecule has 0 radical (unpaired) electrons. The van der Waals surface area contributed by atoms with Crippen molar-refractivity contribution in [2.24, 2.45) is 5.92 Å². The fourth-order valence-electron chi connectivity index (χ4n) is 2.17. The third-order valence-corrected chi connectivity index (χ3v) is 4.06. The maximum absolute atomic E-state index is 11.7. The van der Waals surface area contributed by atoms with Gasteiger partial charge < -0.3 is 10.4 Å². The summed E-state index contributed by atoms with van der Waals surface area (Å²) in [4.78, 5) is 23.0. The number of amides is 1. The molecule has 5 heteroatoms. The van der Waals surface area contributed by atoms with Crippen molar-refractivity contribution < 1.29 is 14.7 Å². The predicted octanol–water partition coefficient (Wildman–Crippen LogP) is 1.89. The Morgan fingerprint density at radius 2 is 2.00 bits per heavy atom. The van der Waals surface area contributed by atoms with Crippen molar-refractivity contribution in [2.75, 3.05) is 12.0 Å². The van der Waals surface area contributed by atoms with Crippen molar-refractivity contribution in [3.63, 3.8) is 0 Å². The Balaban J connectivity index is 2.60. The highest BCUT2D eigenvalue weighted by Crippen LogP contribution is 2.32. The number of hydrogen-bond acceptors (Lipinski definition) is 3. The highest BCUT2D eigenvalue weighted by atomic mass is 32.2. The Labute approximate surface area is 107 Å². The molecule has 17 heavy (non-hydrogen) atoms. The summed E-state index contributed by atoms with van der Waals surface area (Å²) < 4.78 is 0. The van der Waals surface area contributed by atoms with Crippen LogP contribution in [-0.4, -0.2) is 34.5 Å². The van der Waals surface area contributed by atoms with Crippen LogP contribution in [0.4, 0.5) is 0 Å². The van der Waals surface area contributed by atoms with Gasteiger partial charge in [0, 0.05) is 12.2 Å². The third-order valence-electron chi connectivity index (χ3n) is 3.45. The second-order valence-corrected chi connectivity index (χ2v) is 5.85. The zero-order chi connectivity index (χ0) is 12.9. The molecule has 2 N–H and O–H groups in total. The maximum Gasteiger partial charge on any atom is 0.329 e. The number of rotatable bonds is 5. The van der Waals surface area contributed by atoms with Crippen LogP contribution < -0.4 is 5.32 Å². The number of carbonyl (C=O) groups is 2. The highest BCUT2D eigenvalue weighted by Gasteiger charge is 2.42. The molecule has 1 fully saturated rings. The summed E-state index contributed by atoms with van der Waals surface area (Å²) in [5, 5.41) is 12.1. The summed E-state index contributed by atoms with van der Waals surface area (Å²) in [7, 11) is 0. The average molecular weight is 259 g/mol. The second-order valence-electron chi connectivity index (χ2n) is 4.86. The van der Waals surface area contributed by atoms with Crippen LogP contribution in [0, 0.1) is 5.92 Å². The summed E-state index contributed by atoms with van der Waals surface area (Å²) in [5.41, 5.74) is -1.01. The zero-order valence-electron chi connectivity index (χ0n) is 10.5. The molecule has 0 aliphatic heterocycles. The number of carboxylic acid groups (broad SMARTS) is 1. The van der Waals surface area contributed by atoms with Crippen LogP contribution in [0.5, 0.6) is 0 Å². The third kappa shape index (κ3) is 3.91. The summed E-state index contributed by atoms with van der Waals surface area (Å²) >= 11 is 1.59. The Hall–Kier alpha value is -0.710. The fourth-order valence-corrected chi connectivity index (χ4v) is 2.56. The first-order chi connectivity index (χ1) is 8.00. The largest absolute Gasteiger partial charge is 0.480 e. The van der Waals surface area contributed by atoms with Gasteiger partial charge in [0.25, 0.3) is 0 Å².